The highest BCUT2D eigenvalue weighted by atomic mass is 35.5. The van der Waals surface area contributed by atoms with E-state index in [0.29, 0.717) is 34.5 Å². The van der Waals surface area contributed by atoms with E-state index in [-0.39, 0.29) is 12.0 Å². The summed E-state index contributed by atoms with van der Waals surface area (Å²) in [6, 6.07) is 15.0. The van der Waals surface area contributed by atoms with Crippen molar-refractivity contribution in [3.63, 3.8) is 0 Å². The van der Waals surface area contributed by atoms with E-state index < -0.39 is 0 Å². The number of aromatic nitrogens is 1. The van der Waals surface area contributed by atoms with Gasteiger partial charge in [0.05, 0.1) is 17.3 Å². The number of halogens is 1. The monoisotopic (exact) mass is 414 g/mol. The minimum Gasteiger partial charge on any atom is -0.486 e. The van der Waals surface area contributed by atoms with Crippen molar-refractivity contribution in [2.45, 2.75) is 13.0 Å². The van der Waals surface area contributed by atoms with Crippen molar-refractivity contribution >= 4 is 28.8 Å². The van der Waals surface area contributed by atoms with E-state index in [1.807, 2.05) is 55.5 Å². The number of para-hydroxylation sites is 2. The van der Waals surface area contributed by atoms with Gasteiger partial charge in [-0.3, -0.25) is 4.79 Å². The summed E-state index contributed by atoms with van der Waals surface area (Å²) in [7, 11) is 1.76. The molecule has 0 spiro atoms. The van der Waals surface area contributed by atoms with Gasteiger partial charge in [-0.15, -0.1) is 11.3 Å². The van der Waals surface area contributed by atoms with Gasteiger partial charge < -0.3 is 14.4 Å². The van der Waals surface area contributed by atoms with Gasteiger partial charge in [0.25, 0.3) is 5.91 Å². The number of ether oxygens (including phenoxy) is 2. The van der Waals surface area contributed by atoms with E-state index >= 15 is 0 Å². The molecule has 0 saturated heterocycles. The fraction of sp³-hybridized carbons (Fsp3) is 0.238. The van der Waals surface area contributed by atoms with Gasteiger partial charge in [0.15, 0.2) is 17.6 Å². The van der Waals surface area contributed by atoms with Crippen molar-refractivity contribution < 1.29 is 14.3 Å². The summed E-state index contributed by atoms with van der Waals surface area (Å²) in [6.45, 7) is 2.67. The van der Waals surface area contributed by atoms with Crippen LogP contribution in [0.5, 0.6) is 11.5 Å². The van der Waals surface area contributed by atoms with Crippen molar-refractivity contribution in [2.75, 3.05) is 20.2 Å². The number of benzene rings is 2. The number of amides is 1. The molecule has 1 atom stereocenters. The molecule has 2 aromatic carbocycles. The Kier molecular flexibility index (Phi) is 5.24. The number of carbonyl (C=O) groups excluding carboxylic acids is 1. The van der Waals surface area contributed by atoms with Crippen molar-refractivity contribution in [3.05, 3.63) is 64.1 Å². The van der Waals surface area contributed by atoms with E-state index in [9.17, 15) is 4.79 Å². The molecular weight excluding hydrogens is 396 g/mol. The van der Waals surface area contributed by atoms with Crippen LogP contribution in [0.2, 0.25) is 5.02 Å². The lowest BCUT2D eigenvalue weighted by Crippen LogP contribution is -2.41. The summed E-state index contributed by atoms with van der Waals surface area (Å²) < 4.78 is 11.7. The zero-order valence-electron chi connectivity index (χ0n) is 15.5. The first-order valence-corrected chi connectivity index (χ1v) is 10.1. The van der Waals surface area contributed by atoms with E-state index in [0.717, 1.165) is 16.3 Å². The Morgan fingerprint density at radius 3 is 2.71 bits per heavy atom. The quantitative estimate of drug-likeness (QED) is 0.621. The Morgan fingerprint density at radius 2 is 1.93 bits per heavy atom. The molecule has 0 aliphatic carbocycles. The maximum atomic E-state index is 13.0. The Hall–Kier alpha value is -2.57. The molecular formula is C21H19ClN2O3S. The van der Waals surface area contributed by atoms with Crippen molar-refractivity contribution in [3.8, 4) is 22.1 Å². The van der Waals surface area contributed by atoms with E-state index in [2.05, 4.69) is 4.98 Å². The topological polar surface area (TPSA) is 51.7 Å². The smallest absolute Gasteiger partial charge is 0.265 e. The molecule has 0 bridgehead atoms. The van der Waals surface area contributed by atoms with Gasteiger partial charge in [-0.05, 0) is 25.1 Å². The molecule has 0 N–H and O–H groups in total. The molecule has 3 aromatic rings. The summed E-state index contributed by atoms with van der Waals surface area (Å²) in [4.78, 5) is 19.8. The second-order valence-electron chi connectivity index (χ2n) is 6.60. The molecule has 0 unspecified atom stereocenters. The number of carbonyl (C=O) groups is 1. The molecule has 2 heterocycles. The van der Waals surface area contributed by atoms with Crippen molar-refractivity contribution in [1.82, 2.24) is 9.88 Å². The summed E-state index contributed by atoms with van der Waals surface area (Å²) in [5.41, 5.74) is 1.53. The van der Waals surface area contributed by atoms with Crippen LogP contribution in [0.25, 0.3) is 10.6 Å². The molecule has 144 valence electrons. The van der Waals surface area contributed by atoms with Gasteiger partial charge in [0, 0.05) is 12.6 Å². The van der Waals surface area contributed by atoms with Gasteiger partial charge in [-0.2, -0.15) is 0 Å². The fourth-order valence-electron chi connectivity index (χ4n) is 3.06. The highest BCUT2D eigenvalue weighted by molar-refractivity contribution is 7.17. The number of hydrogen-bond donors (Lipinski definition) is 0. The van der Waals surface area contributed by atoms with Gasteiger partial charge in [-0.1, -0.05) is 41.9 Å². The molecule has 1 aliphatic heterocycles. The molecule has 28 heavy (non-hydrogen) atoms. The molecule has 7 heteroatoms. The number of rotatable bonds is 4. The predicted octanol–water partition coefficient (Wildman–Crippen LogP) is 4.68. The molecule has 1 amide bonds. The summed E-state index contributed by atoms with van der Waals surface area (Å²) in [5.74, 6) is 1.35. The van der Waals surface area contributed by atoms with Crippen molar-refractivity contribution in [2.24, 2.45) is 0 Å². The first-order valence-electron chi connectivity index (χ1n) is 8.89. The zero-order valence-corrected chi connectivity index (χ0v) is 17.1. The van der Waals surface area contributed by atoms with Gasteiger partial charge in [0.1, 0.15) is 16.5 Å². The molecule has 0 radical (unpaired) electrons. The van der Waals surface area contributed by atoms with Gasteiger partial charge in [-0.25, -0.2) is 4.98 Å². The molecule has 5 nitrogen and oxygen atoms in total. The number of thiazole rings is 1. The van der Waals surface area contributed by atoms with E-state index in [1.165, 1.54) is 11.3 Å². The molecule has 1 aromatic heterocycles. The summed E-state index contributed by atoms with van der Waals surface area (Å²) >= 11 is 7.63. The first-order chi connectivity index (χ1) is 13.5. The summed E-state index contributed by atoms with van der Waals surface area (Å²) in [5, 5.41) is 1.36. The van der Waals surface area contributed by atoms with Crippen molar-refractivity contribution in [1.29, 1.82) is 0 Å². The van der Waals surface area contributed by atoms with Crippen LogP contribution >= 0.6 is 22.9 Å². The Bertz CT molecular complexity index is 1020. The van der Waals surface area contributed by atoms with Crippen LogP contribution in [0.1, 0.15) is 15.4 Å². The number of likely N-dealkylation sites (N-methyl/N-ethyl adjacent to an activating group) is 1. The van der Waals surface area contributed by atoms with Crippen LogP contribution < -0.4 is 9.47 Å². The zero-order chi connectivity index (χ0) is 19.7. The highest BCUT2D eigenvalue weighted by Crippen LogP contribution is 2.34. The molecule has 4 rings (SSSR count). The minimum absolute atomic E-state index is 0.0873. The third kappa shape index (κ3) is 3.70. The lowest BCUT2D eigenvalue weighted by molar-refractivity contribution is 0.0523. The van der Waals surface area contributed by atoms with Gasteiger partial charge in [0.2, 0.25) is 0 Å². The third-order valence-corrected chi connectivity index (χ3v) is 6.00. The number of aryl methyl sites for hydroxylation is 1. The van der Waals surface area contributed by atoms with Crippen LogP contribution in [0.3, 0.4) is 0 Å². The van der Waals surface area contributed by atoms with E-state index in [1.54, 1.807) is 11.9 Å². The van der Waals surface area contributed by atoms with Crippen LogP contribution in [0.4, 0.5) is 0 Å². The number of nitrogens with zero attached hydrogens (tertiary/aromatic N) is 2. The van der Waals surface area contributed by atoms with Crippen LogP contribution in [-0.4, -0.2) is 42.1 Å². The fourth-order valence-corrected chi connectivity index (χ4v) is 4.44. The van der Waals surface area contributed by atoms with Gasteiger partial charge >= 0.3 is 0 Å². The Balaban J connectivity index is 1.48. The SMILES string of the molecule is Cc1nc(-c2ccccc2Cl)sc1C(=O)N(C)C[C@H]1COc2ccccc2O1. The third-order valence-electron chi connectivity index (χ3n) is 4.49. The Morgan fingerprint density at radius 1 is 1.21 bits per heavy atom. The van der Waals surface area contributed by atoms with Crippen LogP contribution in [0.15, 0.2) is 48.5 Å². The number of hydrogen-bond acceptors (Lipinski definition) is 5. The number of fused-ring (bicyclic) bond motifs is 1. The maximum absolute atomic E-state index is 13.0. The highest BCUT2D eigenvalue weighted by Gasteiger charge is 2.26. The minimum atomic E-state index is -0.222. The largest absolute Gasteiger partial charge is 0.486 e. The second-order valence-corrected chi connectivity index (χ2v) is 8.00. The molecule has 0 fully saturated rings. The molecule has 1 aliphatic rings. The average Bonchev–Trinajstić information content (AvgIpc) is 3.09. The second kappa shape index (κ2) is 7.81. The Labute approximate surface area is 172 Å². The maximum Gasteiger partial charge on any atom is 0.265 e. The lowest BCUT2D eigenvalue weighted by Gasteiger charge is -2.29. The normalized spacial score (nSPS) is 15.3. The predicted molar refractivity (Wildman–Crippen MR) is 111 cm³/mol. The summed E-state index contributed by atoms with van der Waals surface area (Å²) in [6.07, 6.45) is -0.222. The van der Waals surface area contributed by atoms with Crippen LogP contribution in [-0.2, 0) is 0 Å². The average molecular weight is 415 g/mol. The van der Waals surface area contributed by atoms with E-state index in [4.69, 9.17) is 21.1 Å². The molecule has 0 saturated carbocycles. The standard InChI is InChI=1S/C21H19ClN2O3S/c1-13-19(28-20(23-13)15-7-3-4-8-16(15)22)21(25)24(2)11-14-12-26-17-9-5-6-10-18(17)27-14/h3-10,14H,11-12H2,1-2H3/t14-/m0/s1. The van der Waals surface area contributed by atoms with Crippen LogP contribution in [0, 0.1) is 6.92 Å². The lowest BCUT2D eigenvalue weighted by atomic mass is 10.2. The first kappa shape index (κ1) is 18.8.